The molecular formula is C13H22N2S2. The van der Waals surface area contributed by atoms with E-state index in [-0.39, 0.29) is 0 Å². The highest BCUT2D eigenvalue weighted by molar-refractivity contribution is 7.99. The largest absolute Gasteiger partial charge is 0.320 e. The summed E-state index contributed by atoms with van der Waals surface area (Å²) in [6, 6.07) is 0. The Hall–Kier alpha value is -0.0600. The Morgan fingerprint density at radius 2 is 2.41 bits per heavy atom. The Labute approximate surface area is 113 Å². The lowest BCUT2D eigenvalue weighted by Crippen LogP contribution is -2.12. The van der Waals surface area contributed by atoms with Gasteiger partial charge in [0.25, 0.3) is 0 Å². The molecule has 96 valence electrons. The molecule has 1 aromatic rings. The topological polar surface area (TPSA) is 24.9 Å². The maximum absolute atomic E-state index is 4.57. The lowest BCUT2D eigenvalue weighted by atomic mass is 10.1. The van der Waals surface area contributed by atoms with Crippen molar-refractivity contribution in [2.75, 3.05) is 19.3 Å². The second kappa shape index (κ2) is 7.39. The molecule has 1 aromatic heterocycles. The number of hydrogen-bond acceptors (Lipinski definition) is 4. The summed E-state index contributed by atoms with van der Waals surface area (Å²) in [7, 11) is 2.01. The fourth-order valence-corrected chi connectivity index (χ4v) is 4.62. The van der Waals surface area contributed by atoms with E-state index in [9.17, 15) is 0 Å². The number of nitrogens with zero attached hydrogens (tertiary/aromatic N) is 1. The van der Waals surface area contributed by atoms with Gasteiger partial charge < -0.3 is 5.32 Å². The van der Waals surface area contributed by atoms with Crippen LogP contribution in [0.5, 0.6) is 0 Å². The van der Waals surface area contributed by atoms with Gasteiger partial charge in [0.2, 0.25) is 0 Å². The molecule has 17 heavy (non-hydrogen) atoms. The van der Waals surface area contributed by atoms with E-state index in [4.69, 9.17) is 0 Å². The number of nitrogens with one attached hydrogen (secondary N) is 1. The highest BCUT2D eigenvalue weighted by Crippen LogP contribution is 2.29. The van der Waals surface area contributed by atoms with Gasteiger partial charge in [0.15, 0.2) is 0 Å². The molecule has 1 N–H and O–H groups in total. The second-order valence-electron chi connectivity index (χ2n) is 4.62. The predicted molar refractivity (Wildman–Crippen MR) is 78.2 cm³/mol. The Morgan fingerprint density at radius 1 is 1.47 bits per heavy atom. The fourth-order valence-electron chi connectivity index (χ4n) is 2.16. The average Bonchev–Trinajstić information content (AvgIpc) is 2.79. The minimum Gasteiger partial charge on any atom is -0.320 e. The van der Waals surface area contributed by atoms with E-state index in [1.165, 1.54) is 54.2 Å². The molecule has 1 aliphatic heterocycles. The van der Waals surface area contributed by atoms with Crippen LogP contribution in [-0.2, 0) is 12.8 Å². The van der Waals surface area contributed by atoms with Crippen LogP contribution in [-0.4, -0.2) is 29.6 Å². The molecular weight excluding hydrogens is 248 g/mol. The van der Waals surface area contributed by atoms with E-state index in [1.54, 1.807) is 0 Å². The Kier molecular flexibility index (Phi) is 5.81. The summed E-state index contributed by atoms with van der Waals surface area (Å²) in [6.45, 7) is 1.10. The van der Waals surface area contributed by atoms with Crippen molar-refractivity contribution in [1.29, 1.82) is 0 Å². The van der Waals surface area contributed by atoms with Crippen molar-refractivity contribution in [3.05, 3.63) is 16.1 Å². The highest BCUT2D eigenvalue weighted by atomic mass is 32.2. The summed E-state index contributed by atoms with van der Waals surface area (Å²) in [6.07, 6.45) is 9.89. The van der Waals surface area contributed by atoms with Crippen LogP contribution >= 0.6 is 23.1 Å². The van der Waals surface area contributed by atoms with Crippen LogP contribution in [0, 0.1) is 0 Å². The lowest BCUT2D eigenvalue weighted by Gasteiger charge is -2.19. The molecule has 0 radical (unpaired) electrons. The molecule has 1 aliphatic rings. The molecule has 1 fully saturated rings. The van der Waals surface area contributed by atoms with Crippen LogP contribution in [0.3, 0.4) is 0 Å². The summed E-state index contributed by atoms with van der Waals surface area (Å²) in [4.78, 5) is 6.03. The summed E-state index contributed by atoms with van der Waals surface area (Å²) in [5.74, 6) is 1.35. The van der Waals surface area contributed by atoms with Crippen LogP contribution in [0.2, 0.25) is 0 Å². The molecule has 2 nitrogen and oxygen atoms in total. The normalized spacial score (nSPS) is 20.6. The minimum absolute atomic E-state index is 0.833. The van der Waals surface area contributed by atoms with Gasteiger partial charge in [-0.1, -0.05) is 6.42 Å². The standard InChI is InChI=1S/C13H22N2S2/c1-14-7-4-6-12-10-15-13(17-12)9-11-5-2-3-8-16-11/h10-11,14H,2-9H2,1H3. The van der Waals surface area contributed by atoms with Crippen molar-refractivity contribution < 1.29 is 0 Å². The van der Waals surface area contributed by atoms with Crippen LogP contribution in [0.4, 0.5) is 0 Å². The molecule has 2 heterocycles. The first-order chi connectivity index (χ1) is 8.38. The van der Waals surface area contributed by atoms with Crippen molar-refractivity contribution in [3.63, 3.8) is 0 Å². The molecule has 1 atom stereocenters. The van der Waals surface area contributed by atoms with Gasteiger partial charge in [-0.05, 0) is 45.0 Å². The molecule has 0 saturated carbocycles. The zero-order valence-corrected chi connectivity index (χ0v) is 12.2. The predicted octanol–water partition coefficient (Wildman–Crippen LogP) is 3.12. The number of aromatic nitrogens is 1. The van der Waals surface area contributed by atoms with Crippen molar-refractivity contribution >= 4 is 23.1 Å². The van der Waals surface area contributed by atoms with Gasteiger partial charge >= 0.3 is 0 Å². The third-order valence-corrected chi connectivity index (χ3v) is 5.61. The first-order valence-electron chi connectivity index (χ1n) is 6.58. The summed E-state index contributed by atoms with van der Waals surface area (Å²) in [5.41, 5.74) is 0. The summed E-state index contributed by atoms with van der Waals surface area (Å²) >= 11 is 4.07. The number of aryl methyl sites for hydroxylation is 1. The third-order valence-electron chi connectivity index (χ3n) is 3.13. The first kappa shape index (κ1) is 13.4. The van der Waals surface area contributed by atoms with Gasteiger partial charge in [-0.2, -0.15) is 11.8 Å². The Bertz CT molecular complexity index is 319. The van der Waals surface area contributed by atoms with E-state index in [0.29, 0.717) is 0 Å². The maximum Gasteiger partial charge on any atom is 0.0938 e. The lowest BCUT2D eigenvalue weighted by molar-refractivity contribution is 0.659. The number of thiazole rings is 1. The van der Waals surface area contributed by atoms with Crippen molar-refractivity contribution in [2.45, 2.75) is 43.8 Å². The highest BCUT2D eigenvalue weighted by Gasteiger charge is 2.16. The minimum atomic E-state index is 0.833. The molecule has 0 aliphatic carbocycles. The molecule has 0 aromatic carbocycles. The van der Waals surface area contributed by atoms with Crippen LogP contribution in [0.25, 0.3) is 0 Å². The molecule has 2 rings (SSSR count). The van der Waals surface area contributed by atoms with Crippen LogP contribution in [0.15, 0.2) is 6.20 Å². The van der Waals surface area contributed by atoms with Gasteiger partial charge in [-0.3, -0.25) is 0 Å². The quantitative estimate of drug-likeness (QED) is 0.804. The van der Waals surface area contributed by atoms with Gasteiger partial charge in [0.05, 0.1) is 5.01 Å². The van der Waals surface area contributed by atoms with Gasteiger partial charge in [-0.25, -0.2) is 4.98 Å². The van der Waals surface area contributed by atoms with E-state index in [2.05, 4.69) is 28.3 Å². The molecule has 4 heteroatoms. The second-order valence-corrected chi connectivity index (χ2v) is 7.23. The average molecular weight is 270 g/mol. The van der Waals surface area contributed by atoms with Gasteiger partial charge in [0.1, 0.15) is 0 Å². The monoisotopic (exact) mass is 270 g/mol. The third kappa shape index (κ3) is 4.60. The van der Waals surface area contributed by atoms with Gasteiger partial charge in [-0.15, -0.1) is 11.3 Å². The van der Waals surface area contributed by atoms with Crippen LogP contribution < -0.4 is 5.32 Å². The number of hydrogen-bond donors (Lipinski definition) is 1. The maximum atomic E-state index is 4.57. The summed E-state index contributed by atoms with van der Waals surface area (Å²) < 4.78 is 0. The van der Waals surface area contributed by atoms with E-state index in [1.807, 2.05) is 18.4 Å². The first-order valence-corrected chi connectivity index (χ1v) is 8.45. The van der Waals surface area contributed by atoms with Crippen molar-refractivity contribution in [3.8, 4) is 0 Å². The number of rotatable bonds is 6. The van der Waals surface area contributed by atoms with Gasteiger partial charge in [0, 0.05) is 22.7 Å². The molecule has 1 unspecified atom stereocenters. The Morgan fingerprint density at radius 3 is 3.18 bits per heavy atom. The van der Waals surface area contributed by atoms with E-state index >= 15 is 0 Å². The Balaban J connectivity index is 1.76. The SMILES string of the molecule is CNCCCc1cnc(CC2CCCCS2)s1. The number of thioether (sulfide) groups is 1. The zero-order valence-electron chi connectivity index (χ0n) is 10.6. The van der Waals surface area contributed by atoms with Crippen molar-refractivity contribution in [1.82, 2.24) is 10.3 Å². The fraction of sp³-hybridized carbons (Fsp3) is 0.769. The van der Waals surface area contributed by atoms with E-state index in [0.717, 1.165) is 11.8 Å². The summed E-state index contributed by atoms with van der Waals surface area (Å²) in [5, 5.41) is 5.38. The smallest absolute Gasteiger partial charge is 0.0938 e. The molecule has 0 bridgehead atoms. The van der Waals surface area contributed by atoms with E-state index < -0.39 is 0 Å². The molecule has 0 amide bonds. The molecule has 1 saturated heterocycles. The zero-order chi connectivity index (χ0) is 11.9. The van der Waals surface area contributed by atoms with Crippen LogP contribution in [0.1, 0.15) is 35.6 Å². The van der Waals surface area contributed by atoms with Crippen molar-refractivity contribution in [2.24, 2.45) is 0 Å². The molecule has 0 spiro atoms.